The van der Waals surface area contributed by atoms with E-state index in [-0.39, 0.29) is 31.4 Å². The molecule has 44 heavy (non-hydrogen) atoms. The fourth-order valence-electron chi connectivity index (χ4n) is 3.36. The number of ether oxygens (including phenoxy) is 1. The van der Waals surface area contributed by atoms with Gasteiger partial charge < -0.3 is 20.7 Å². The van der Waals surface area contributed by atoms with Gasteiger partial charge in [-0.1, -0.05) is 66.3 Å². The standard InChI is InChI=1S/C27H24Cl4F5N3O5/c1-13(2)22(23(41)27(35,36)25(43)37-6-5-26(32,33)34)39-24(42)20(8-14-3-4-18(30)19(31)7-14)38-21(40)12-44-17-10-15(28)9-16(29)11-17/h3-4,7-11,13,22H,5-6,12H2,1-2H3,(H,37,43)(H,38,40)(H,39,42)/b20-8+/t22-/m0/s1. The molecule has 0 saturated heterocycles. The highest BCUT2D eigenvalue weighted by atomic mass is 35.5. The molecule has 0 aliphatic rings. The normalized spacial score (nSPS) is 12.9. The number of alkyl halides is 5. The van der Waals surface area contributed by atoms with Crippen LogP contribution in [0.3, 0.4) is 0 Å². The van der Waals surface area contributed by atoms with E-state index in [0.29, 0.717) is 0 Å². The van der Waals surface area contributed by atoms with Crippen LogP contribution in [0.1, 0.15) is 25.8 Å². The summed E-state index contributed by atoms with van der Waals surface area (Å²) in [6.45, 7) is 0.665. The summed E-state index contributed by atoms with van der Waals surface area (Å²) in [4.78, 5) is 50.6. The van der Waals surface area contributed by atoms with Gasteiger partial charge in [0.15, 0.2) is 6.61 Å². The number of benzene rings is 2. The molecule has 3 amide bonds. The van der Waals surface area contributed by atoms with Crippen molar-refractivity contribution in [1.29, 1.82) is 0 Å². The summed E-state index contributed by atoms with van der Waals surface area (Å²) in [7, 11) is 0. The Morgan fingerprint density at radius 2 is 1.52 bits per heavy atom. The smallest absolute Gasteiger partial charge is 0.390 e. The number of halogens is 9. The number of hydrogen-bond donors (Lipinski definition) is 3. The number of nitrogens with one attached hydrogen (secondary N) is 3. The van der Waals surface area contributed by atoms with Gasteiger partial charge in [0.2, 0.25) is 5.78 Å². The van der Waals surface area contributed by atoms with E-state index in [4.69, 9.17) is 51.1 Å². The lowest BCUT2D eigenvalue weighted by Gasteiger charge is -2.26. The minimum absolute atomic E-state index is 0.0686. The van der Waals surface area contributed by atoms with Crippen LogP contribution in [0, 0.1) is 5.92 Å². The maximum atomic E-state index is 14.7. The van der Waals surface area contributed by atoms with Crippen LogP contribution in [-0.4, -0.2) is 54.8 Å². The average molecular weight is 707 g/mol. The maximum absolute atomic E-state index is 14.7. The first-order chi connectivity index (χ1) is 20.3. The molecule has 17 heteroatoms. The van der Waals surface area contributed by atoms with E-state index in [1.165, 1.54) is 55.6 Å². The van der Waals surface area contributed by atoms with Gasteiger partial charge in [-0.3, -0.25) is 19.2 Å². The molecule has 0 bridgehead atoms. The number of rotatable bonds is 13. The monoisotopic (exact) mass is 705 g/mol. The molecule has 2 rings (SSSR count). The van der Waals surface area contributed by atoms with Crippen molar-refractivity contribution in [2.24, 2.45) is 5.92 Å². The molecule has 0 unspecified atom stereocenters. The van der Waals surface area contributed by atoms with E-state index < -0.39 is 72.8 Å². The zero-order valence-electron chi connectivity index (χ0n) is 22.8. The van der Waals surface area contributed by atoms with E-state index in [1.54, 1.807) is 0 Å². The number of amides is 3. The molecule has 0 aliphatic heterocycles. The lowest BCUT2D eigenvalue weighted by Crippen LogP contribution is -2.57. The van der Waals surface area contributed by atoms with Gasteiger partial charge in [0.05, 0.1) is 22.5 Å². The summed E-state index contributed by atoms with van der Waals surface area (Å²) in [5.74, 6) is -12.3. The highest BCUT2D eigenvalue weighted by molar-refractivity contribution is 6.42. The highest BCUT2D eigenvalue weighted by Crippen LogP contribution is 2.26. The predicted molar refractivity (Wildman–Crippen MR) is 155 cm³/mol. The third-order valence-electron chi connectivity index (χ3n) is 5.50. The third-order valence-corrected chi connectivity index (χ3v) is 6.68. The molecule has 0 saturated carbocycles. The van der Waals surface area contributed by atoms with Crippen LogP contribution in [0.4, 0.5) is 22.0 Å². The van der Waals surface area contributed by atoms with Gasteiger partial charge in [-0.25, -0.2) is 0 Å². The molecule has 0 aromatic heterocycles. The van der Waals surface area contributed by atoms with E-state index >= 15 is 0 Å². The number of carbonyl (C=O) groups is 4. The minimum Gasteiger partial charge on any atom is -0.484 e. The zero-order valence-corrected chi connectivity index (χ0v) is 25.8. The molecule has 0 radical (unpaired) electrons. The van der Waals surface area contributed by atoms with Gasteiger partial charge in [0.1, 0.15) is 11.4 Å². The van der Waals surface area contributed by atoms with Gasteiger partial charge >= 0.3 is 12.1 Å². The second-order valence-electron chi connectivity index (χ2n) is 9.43. The first-order valence-electron chi connectivity index (χ1n) is 12.4. The van der Waals surface area contributed by atoms with Crippen LogP contribution >= 0.6 is 46.4 Å². The summed E-state index contributed by atoms with van der Waals surface area (Å²) < 4.78 is 71.8. The van der Waals surface area contributed by atoms with E-state index in [0.717, 1.165) is 6.08 Å². The Morgan fingerprint density at radius 3 is 2.07 bits per heavy atom. The molecule has 3 N–H and O–H groups in total. The fraction of sp³-hybridized carbons (Fsp3) is 0.333. The van der Waals surface area contributed by atoms with Crippen molar-refractivity contribution in [3.63, 3.8) is 0 Å². The predicted octanol–water partition coefficient (Wildman–Crippen LogP) is 6.25. The molecule has 0 aliphatic carbocycles. The van der Waals surface area contributed by atoms with Gasteiger partial charge in [0, 0.05) is 16.6 Å². The molecule has 1 atom stereocenters. The molecule has 8 nitrogen and oxygen atoms in total. The van der Waals surface area contributed by atoms with Crippen molar-refractivity contribution < 1.29 is 45.9 Å². The first-order valence-corrected chi connectivity index (χ1v) is 13.9. The van der Waals surface area contributed by atoms with Gasteiger partial charge in [-0.15, -0.1) is 0 Å². The van der Waals surface area contributed by atoms with Crippen LogP contribution in [0.5, 0.6) is 5.75 Å². The van der Waals surface area contributed by atoms with Crippen molar-refractivity contribution in [3.05, 3.63) is 67.7 Å². The first kappa shape index (κ1) is 37.1. The van der Waals surface area contributed by atoms with E-state index in [1.807, 2.05) is 0 Å². The van der Waals surface area contributed by atoms with E-state index in [2.05, 4.69) is 10.6 Å². The summed E-state index contributed by atoms with van der Waals surface area (Å²) >= 11 is 23.7. The Bertz CT molecular complexity index is 1420. The van der Waals surface area contributed by atoms with Gasteiger partial charge in [-0.2, -0.15) is 22.0 Å². The second-order valence-corrected chi connectivity index (χ2v) is 11.1. The van der Waals surface area contributed by atoms with E-state index in [9.17, 15) is 41.1 Å². The summed E-state index contributed by atoms with van der Waals surface area (Å²) in [5, 5.41) is 6.32. The molecule has 2 aromatic carbocycles. The zero-order chi connectivity index (χ0) is 33.4. The van der Waals surface area contributed by atoms with Crippen LogP contribution < -0.4 is 20.7 Å². The Labute approximate surface area is 268 Å². The van der Waals surface area contributed by atoms with Crippen LogP contribution in [0.2, 0.25) is 20.1 Å². The molecule has 0 fully saturated rings. The lowest BCUT2D eigenvalue weighted by molar-refractivity contribution is -0.161. The quantitative estimate of drug-likeness (QED) is 0.130. The fourth-order valence-corrected chi connectivity index (χ4v) is 4.18. The van der Waals surface area contributed by atoms with Crippen molar-refractivity contribution in [1.82, 2.24) is 16.0 Å². The molecule has 0 heterocycles. The third kappa shape index (κ3) is 11.4. The van der Waals surface area contributed by atoms with Gasteiger partial charge in [-0.05, 0) is 47.9 Å². The minimum atomic E-state index is -4.81. The lowest BCUT2D eigenvalue weighted by atomic mass is 9.95. The van der Waals surface area contributed by atoms with Crippen LogP contribution in [-0.2, 0) is 19.2 Å². The SMILES string of the molecule is CC(C)[C@H](NC(=O)/C(=C\c1ccc(Cl)c(Cl)c1)NC(=O)COc1cc(Cl)cc(Cl)c1)C(=O)C(F)(F)C(=O)NCCC(F)(F)F. The molecule has 0 spiro atoms. The van der Waals surface area contributed by atoms with Crippen molar-refractivity contribution in [2.45, 2.75) is 38.4 Å². The number of hydrogen-bond acceptors (Lipinski definition) is 5. The Balaban J connectivity index is 2.30. The van der Waals surface area contributed by atoms with Crippen LogP contribution in [0.25, 0.3) is 6.08 Å². The maximum Gasteiger partial charge on any atom is 0.390 e. The number of Topliss-reactive ketones (excluding diaryl/α,β-unsaturated/α-hetero) is 1. The average Bonchev–Trinajstić information content (AvgIpc) is 2.90. The summed E-state index contributed by atoms with van der Waals surface area (Å²) in [6, 6.07) is 6.21. The molecule has 2 aromatic rings. The Kier molecular flexibility index (Phi) is 13.3. The molecular formula is C27H24Cl4F5N3O5. The topological polar surface area (TPSA) is 114 Å². The Morgan fingerprint density at radius 1 is 0.909 bits per heavy atom. The summed E-state index contributed by atoms with van der Waals surface area (Å²) in [5.41, 5.74) is -0.341. The highest BCUT2D eigenvalue weighted by Gasteiger charge is 2.51. The molecular weight excluding hydrogens is 683 g/mol. The van der Waals surface area contributed by atoms with Crippen molar-refractivity contribution >= 4 is 76.0 Å². The van der Waals surface area contributed by atoms with Crippen molar-refractivity contribution in [2.75, 3.05) is 13.2 Å². The summed E-state index contributed by atoms with van der Waals surface area (Å²) in [6.07, 6.45) is -5.26. The number of ketones is 1. The van der Waals surface area contributed by atoms with Gasteiger partial charge in [0.25, 0.3) is 17.7 Å². The van der Waals surface area contributed by atoms with Crippen molar-refractivity contribution in [3.8, 4) is 5.75 Å². The second kappa shape index (κ2) is 15.7. The van der Waals surface area contributed by atoms with Crippen LogP contribution in [0.15, 0.2) is 42.1 Å². The largest absolute Gasteiger partial charge is 0.484 e. The number of carbonyl (C=O) groups excluding carboxylic acids is 4. The molecule has 240 valence electrons. The Hall–Kier alpha value is -3.13.